The molecule has 5 heteroatoms. The Bertz CT molecular complexity index is 585. The van der Waals surface area contributed by atoms with E-state index >= 15 is 0 Å². The van der Waals surface area contributed by atoms with Gasteiger partial charge in [0.2, 0.25) is 5.28 Å². The molecule has 0 fully saturated rings. The van der Waals surface area contributed by atoms with Crippen molar-refractivity contribution < 1.29 is 0 Å². The third kappa shape index (κ3) is 3.58. The first-order valence-corrected chi connectivity index (χ1v) is 6.86. The van der Waals surface area contributed by atoms with Crippen molar-refractivity contribution in [3.05, 3.63) is 51.5 Å². The molecule has 19 heavy (non-hydrogen) atoms. The van der Waals surface area contributed by atoms with Crippen LogP contribution < -0.4 is 5.32 Å². The van der Waals surface area contributed by atoms with Crippen molar-refractivity contribution in [3.8, 4) is 0 Å². The van der Waals surface area contributed by atoms with Gasteiger partial charge in [-0.3, -0.25) is 0 Å². The standard InChI is InChI=1S/C14H15Cl2N3/c1-3-10-5-4-9(2)12(6-10)17-7-11-8-18-14(16)19-13(11)15/h4-6,8,17H,3,7H2,1-2H3. The van der Waals surface area contributed by atoms with Gasteiger partial charge in [0.15, 0.2) is 0 Å². The Labute approximate surface area is 123 Å². The minimum Gasteiger partial charge on any atom is -0.381 e. The highest BCUT2D eigenvalue weighted by atomic mass is 35.5. The molecule has 0 spiro atoms. The molecule has 1 heterocycles. The van der Waals surface area contributed by atoms with E-state index in [0.717, 1.165) is 17.7 Å². The third-order valence-electron chi connectivity index (χ3n) is 2.96. The van der Waals surface area contributed by atoms with Crippen molar-refractivity contribution in [1.29, 1.82) is 0 Å². The van der Waals surface area contributed by atoms with Gasteiger partial charge in [0, 0.05) is 24.0 Å². The fraction of sp³-hybridized carbons (Fsp3) is 0.286. The van der Waals surface area contributed by atoms with E-state index in [4.69, 9.17) is 23.2 Å². The first kappa shape index (κ1) is 14.1. The number of nitrogens with one attached hydrogen (secondary N) is 1. The van der Waals surface area contributed by atoms with E-state index < -0.39 is 0 Å². The molecule has 0 saturated carbocycles. The molecule has 0 unspecified atom stereocenters. The highest BCUT2D eigenvalue weighted by Gasteiger charge is 2.05. The molecule has 3 nitrogen and oxygen atoms in total. The summed E-state index contributed by atoms with van der Waals surface area (Å²) >= 11 is 11.7. The fourth-order valence-electron chi connectivity index (χ4n) is 1.75. The summed E-state index contributed by atoms with van der Waals surface area (Å²) < 4.78 is 0. The van der Waals surface area contributed by atoms with E-state index in [9.17, 15) is 0 Å². The van der Waals surface area contributed by atoms with Gasteiger partial charge >= 0.3 is 0 Å². The van der Waals surface area contributed by atoms with Crippen LogP contribution in [-0.2, 0) is 13.0 Å². The maximum Gasteiger partial charge on any atom is 0.223 e. The molecule has 0 radical (unpaired) electrons. The number of anilines is 1. The highest BCUT2D eigenvalue weighted by molar-refractivity contribution is 6.32. The highest BCUT2D eigenvalue weighted by Crippen LogP contribution is 2.20. The topological polar surface area (TPSA) is 37.8 Å². The maximum absolute atomic E-state index is 6.02. The van der Waals surface area contributed by atoms with Crippen molar-refractivity contribution in [2.24, 2.45) is 0 Å². The van der Waals surface area contributed by atoms with Gasteiger partial charge in [-0.2, -0.15) is 0 Å². The van der Waals surface area contributed by atoms with Crippen molar-refractivity contribution in [1.82, 2.24) is 9.97 Å². The first-order valence-electron chi connectivity index (χ1n) is 6.10. The predicted octanol–water partition coefficient (Wildman–Crippen LogP) is 4.27. The van der Waals surface area contributed by atoms with Crippen LogP contribution in [0.1, 0.15) is 23.6 Å². The lowest BCUT2D eigenvalue weighted by Crippen LogP contribution is -2.04. The normalized spacial score (nSPS) is 10.5. The molecule has 0 aliphatic carbocycles. The van der Waals surface area contributed by atoms with Crippen molar-refractivity contribution in [2.45, 2.75) is 26.8 Å². The summed E-state index contributed by atoms with van der Waals surface area (Å²) in [6, 6.07) is 6.40. The number of aryl methyl sites for hydroxylation is 2. The Morgan fingerprint density at radius 3 is 2.74 bits per heavy atom. The molecular formula is C14H15Cl2N3. The number of hydrogen-bond acceptors (Lipinski definition) is 3. The van der Waals surface area contributed by atoms with E-state index in [-0.39, 0.29) is 5.28 Å². The smallest absolute Gasteiger partial charge is 0.223 e. The zero-order valence-corrected chi connectivity index (χ0v) is 12.4. The SMILES string of the molecule is CCc1ccc(C)c(NCc2cnc(Cl)nc2Cl)c1. The minimum absolute atomic E-state index is 0.165. The average molecular weight is 296 g/mol. The van der Waals surface area contributed by atoms with E-state index in [0.29, 0.717) is 11.7 Å². The lowest BCUT2D eigenvalue weighted by molar-refractivity contribution is 1.05. The molecular weight excluding hydrogens is 281 g/mol. The monoisotopic (exact) mass is 295 g/mol. The van der Waals surface area contributed by atoms with Gasteiger partial charge in [-0.15, -0.1) is 0 Å². The van der Waals surface area contributed by atoms with Crippen molar-refractivity contribution in [3.63, 3.8) is 0 Å². The second-order valence-electron chi connectivity index (χ2n) is 4.31. The molecule has 100 valence electrons. The number of halogens is 2. The average Bonchev–Trinajstić information content (AvgIpc) is 2.39. The molecule has 2 rings (SSSR count). The zero-order chi connectivity index (χ0) is 13.8. The van der Waals surface area contributed by atoms with Crippen LogP contribution in [-0.4, -0.2) is 9.97 Å². The number of rotatable bonds is 4. The molecule has 0 amide bonds. The Balaban J connectivity index is 2.14. The zero-order valence-electron chi connectivity index (χ0n) is 10.9. The number of hydrogen-bond donors (Lipinski definition) is 1. The van der Waals surface area contributed by atoms with Gasteiger partial charge in [-0.05, 0) is 42.1 Å². The van der Waals surface area contributed by atoms with Gasteiger partial charge in [0.25, 0.3) is 0 Å². The summed E-state index contributed by atoms with van der Waals surface area (Å²) in [5.41, 5.74) is 4.42. The van der Waals surface area contributed by atoms with Crippen LogP contribution in [0.15, 0.2) is 24.4 Å². The number of aromatic nitrogens is 2. The third-order valence-corrected chi connectivity index (χ3v) is 3.47. The summed E-state index contributed by atoms with van der Waals surface area (Å²) in [6.45, 7) is 4.78. The minimum atomic E-state index is 0.165. The van der Waals surface area contributed by atoms with Gasteiger partial charge in [0.05, 0.1) is 0 Å². The fourth-order valence-corrected chi connectivity index (χ4v) is 2.13. The molecule has 0 aliphatic rings. The lowest BCUT2D eigenvalue weighted by Gasteiger charge is -2.11. The van der Waals surface area contributed by atoms with Gasteiger partial charge in [0.1, 0.15) is 5.15 Å². The van der Waals surface area contributed by atoms with E-state index in [1.807, 2.05) is 0 Å². The molecule has 1 aromatic heterocycles. The second kappa shape index (κ2) is 6.22. The van der Waals surface area contributed by atoms with Crippen LogP contribution in [0.25, 0.3) is 0 Å². The van der Waals surface area contributed by atoms with Crippen LogP contribution in [0.5, 0.6) is 0 Å². The van der Waals surface area contributed by atoms with Crippen LogP contribution in [0.3, 0.4) is 0 Å². The van der Waals surface area contributed by atoms with Gasteiger partial charge in [-0.25, -0.2) is 9.97 Å². The van der Waals surface area contributed by atoms with Gasteiger partial charge < -0.3 is 5.32 Å². The summed E-state index contributed by atoms with van der Waals surface area (Å²) in [6.07, 6.45) is 2.66. The van der Waals surface area contributed by atoms with Crippen molar-refractivity contribution >= 4 is 28.9 Å². The number of nitrogens with zero attached hydrogens (tertiary/aromatic N) is 2. The first-order chi connectivity index (χ1) is 9.10. The molecule has 1 aromatic carbocycles. The summed E-state index contributed by atoms with van der Waals surface area (Å²) in [5, 5.41) is 3.91. The molecule has 0 atom stereocenters. The second-order valence-corrected chi connectivity index (χ2v) is 5.01. The van der Waals surface area contributed by atoms with Crippen LogP contribution >= 0.6 is 23.2 Å². The molecule has 0 aliphatic heterocycles. The van der Waals surface area contributed by atoms with E-state index in [2.05, 4.69) is 47.3 Å². The largest absolute Gasteiger partial charge is 0.381 e. The van der Waals surface area contributed by atoms with Gasteiger partial charge in [-0.1, -0.05) is 30.7 Å². The van der Waals surface area contributed by atoms with Crippen LogP contribution in [0, 0.1) is 6.92 Å². The molecule has 0 bridgehead atoms. The Kier molecular flexibility index (Phi) is 4.61. The predicted molar refractivity (Wildman–Crippen MR) is 79.9 cm³/mol. The molecule has 0 saturated heterocycles. The van der Waals surface area contributed by atoms with E-state index in [1.54, 1.807) is 6.20 Å². The summed E-state index contributed by atoms with van der Waals surface area (Å²) in [5.74, 6) is 0. The Morgan fingerprint density at radius 1 is 1.26 bits per heavy atom. The maximum atomic E-state index is 6.02. The summed E-state index contributed by atoms with van der Waals surface area (Å²) in [7, 11) is 0. The molecule has 2 aromatic rings. The van der Waals surface area contributed by atoms with Crippen molar-refractivity contribution in [2.75, 3.05) is 5.32 Å². The number of benzene rings is 1. The van der Waals surface area contributed by atoms with E-state index in [1.165, 1.54) is 11.1 Å². The Morgan fingerprint density at radius 2 is 2.05 bits per heavy atom. The van der Waals surface area contributed by atoms with Crippen LogP contribution in [0.4, 0.5) is 5.69 Å². The molecule has 1 N–H and O–H groups in total. The quantitative estimate of drug-likeness (QED) is 0.676. The van der Waals surface area contributed by atoms with Crippen LogP contribution in [0.2, 0.25) is 10.4 Å². The summed E-state index contributed by atoms with van der Waals surface area (Å²) in [4.78, 5) is 7.86. The Hall–Kier alpha value is -1.32. The lowest BCUT2D eigenvalue weighted by atomic mass is 10.1.